The maximum atomic E-state index is 13.7. The first-order valence-electron chi connectivity index (χ1n) is 9.83. The standard InChI is InChI=1S/C25H22ClNO3/c1-30-25(29)23-20(16-8-4-2-5-9-16)21(24(28)18-10-6-3-7-11-18)22(27-23)17-12-14-19(26)15-13-17/h2-15,20-23,27H,1H3/t20-,21-,22-,23-/m0/s1. The summed E-state index contributed by atoms with van der Waals surface area (Å²) in [5.41, 5.74) is 2.45. The second kappa shape index (κ2) is 8.82. The van der Waals surface area contributed by atoms with Crippen molar-refractivity contribution >= 4 is 23.4 Å². The summed E-state index contributed by atoms with van der Waals surface area (Å²) in [6.07, 6.45) is 0. The summed E-state index contributed by atoms with van der Waals surface area (Å²) >= 11 is 6.08. The number of Topliss-reactive ketones (excluding diaryl/α,β-unsaturated/α-hetero) is 1. The lowest BCUT2D eigenvalue weighted by atomic mass is 9.76. The highest BCUT2D eigenvalue weighted by atomic mass is 35.5. The van der Waals surface area contributed by atoms with Crippen molar-refractivity contribution in [1.29, 1.82) is 0 Å². The van der Waals surface area contributed by atoms with Crippen molar-refractivity contribution < 1.29 is 14.3 Å². The molecule has 1 N–H and O–H groups in total. The number of methoxy groups -OCH3 is 1. The number of carbonyl (C=O) groups is 2. The van der Waals surface area contributed by atoms with Gasteiger partial charge in [0.25, 0.3) is 0 Å². The normalized spacial score (nSPS) is 23.1. The van der Waals surface area contributed by atoms with E-state index >= 15 is 0 Å². The summed E-state index contributed by atoms with van der Waals surface area (Å²) in [6, 6.07) is 25.3. The number of benzene rings is 3. The molecule has 0 spiro atoms. The fourth-order valence-electron chi connectivity index (χ4n) is 4.32. The minimum atomic E-state index is -0.643. The number of rotatable bonds is 5. The molecule has 1 saturated heterocycles. The van der Waals surface area contributed by atoms with Gasteiger partial charge in [-0.25, -0.2) is 0 Å². The van der Waals surface area contributed by atoms with E-state index in [4.69, 9.17) is 16.3 Å². The van der Waals surface area contributed by atoms with E-state index in [1.54, 1.807) is 12.1 Å². The fraction of sp³-hybridized carbons (Fsp3) is 0.200. The topological polar surface area (TPSA) is 55.4 Å². The third kappa shape index (κ3) is 3.89. The maximum absolute atomic E-state index is 13.7. The third-order valence-electron chi connectivity index (χ3n) is 5.69. The summed E-state index contributed by atoms with van der Waals surface area (Å²) in [4.78, 5) is 26.4. The van der Waals surface area contributed by atoms with Gasteiger partial charge in [-0.1, -0.05) is 84.4 Å². The van der Waals surface area contributed by atoms with Crippen molar-refractivity contribution in [1.82, 2.24) is 5.32 Å². The molecule has 1 heterocycles. The van der Waals surface area contributed by atoms with Crippen molar-refractivity contribution in [2.75, 3.05) is 7.11 Å². The van der Waals surface area contributed by atoms with E-state index in [-0.39, 0.29) is 23.7 Å². The van der Waals surface area contributed by atoms with Crippen LogP contribution in [0.4, 0.5) is 0 Å². The molecule has 5 heteroatoms. The van der Waals surface area contributed by atoms with Gasteiger partial charge in [-0.15, -0.1) is 0 Å². The molecule has 1 fully saturated rings. The molecule has 4 nitrogen and oxygen atoms in total. The Hall–Kier alpha value is -2.95. The lowest BCUT2D eigenvalue weighted by Crippen LogP contribution is -2.36. The molecule has 4 rings (SSSR count). The van der Waals surface area contributed by atoms with E-state index < -0.39 is 12.0 Å². The smallest absolute Gasteiger partial charge is 0.323 e. The Kier molecular flexibility index (Phi) is 5.98. The molecule has 0 radical (unpaired) electrons. The van der Waals surface area contributed by atoms with E-state index in [2.05, 4.69) is 5.32 Å². The van der Waals surface area contributed by atoms with Crippen LogP contribution in [0.25, 0.3) is 0 Å². The Balaban J connectivity index is 1.85. The lowest BCUT2D eigenvalue weighted by molar-refractivity contribution is -0.143. The predicted octanol–water partition coefficient (Wildman–Crippen LogP) is 4.81. The molecule has 0 aliphatic carbocycles. The number of carbonyl (C=O) groups excluding carboxylic acids is 2. The Morgan fingerprint density at radius 1 is 0.833 bits per heavy atom. The van der Waals surface area contributed by atoms with Crippen LogP contribution in [0.1, 0.15) is 33.4 Å². The summed E-state index contributed by atoms with van der Waals surface area (Å²) in [5.74, 6) is -1.25. The lowest BCUT2D eigenvalue weighted by Gasteiger charge is -2.25. The number of ketones is 1. The van der Waals surface area contributed by atoms with Gasteiger partial charge in [0, 0.05) is 22.5 Å². The molecule has 0 saturated carbocycles. The second-order valence-corrected chi connectivity index (χ2v) is 7.83. The van der Waals surface area contributed by atoms with Gasteiger partial charge in [-0.05, 0) is 23.3 Å². The first-order chi connectivity index (χ1) is 14.6. The highest BCUT2D eigenvalue weighted by molar-refractivity contribution is 6.30. The summed E-state index contributed by atoms with van der Waals surface area (Å²) in [5, 5.41) is 4.01. The monoisotopic (exact) mass is 419 g/mol. The van der Waals surface area contributed by atoms with E-state index in [0.717, 1.165) is 11.1 Å². The van der Waals surface area contributed by atoms with Crippen LogP contribution in [-0.4, -0.2) is 24.9 Å². The number of ether oxygens (including phenoxy) is 1. The molecule has 4 atom stereocenters. The first kappa shape index (κ1) is 20.3. The highest BCUT2D eigenvalue weighted by Crippen LogP contribution is 2.45. The van der Waals surface area contributed by atoms with E-state index in [1.807, 2.05) is 72.8 Å². The van der Waals surface area contributed by atoms with Crippen LogP contribution < -0.4 is 5.32 Å². The number of halogens is 1. The zero-order valence-electron chi connectivity index (χ0n) is 16.5. The van der Waals surface area contributed by atoms with Gasteiger partial charge >= 0.3 is 5.97 Å². The van der Waals surface area contributed by atoms with Crippen molar-refractivity contribution in [2.45, 2.75) is 18.0 Å². The van der Waals surface area contributed by atoms with E-state index in [1.165, 1.54) is 7.11 Å². The van der Waals surface area contributed by atoms with Gasteiger partial charge in [0.15, 0.2) is 5.78 Å². The third-order valence-corrected chi connectivity index (χ3v) is 5.95. The van der Waals surface area contributed by atoms with Crippen molar-refractivity contribution in [3.8, 4) is 0 Å². The molecule has 1 aliphatic heterocycles. The average molecular weight is 420 g/mol. The largest absolute Gasteiger partial charge is 0.468 e. The summed E-state index contributed by atoms with van der Waals surface area (Å²) < 4.78 is 5.09. The van der Waals surface area contributed by atoms with Crippen LogP contribution in [0.5, 0.6) is 0 Å². The second-order valence-electron chi connectivity index (χ2n) is 7.39. The molecule has 0 aromatic heterocycles. The van der Waals surface area contributed by atoms with Gasteiger partial charge in [-0.3, -0.25) is 14.9 Å². The molecule has 0 amide bonds. The average Bonchev–Trinajstić information content (AvgIpc) is 3.20. The molecular weight excluding hydrogens is 398 g/mol. The number of hydrogen-bond acceptors (Lipinski definition) is 4. The van der Waals surface area contributed by atoms with Gasteiger partial charge < -0.3 is 4.74 Å². The van der Waals surface area contributed by atoms with Crippen LogP contribution in [0.2, 0.25) is 5.02 Å². The van der Waals surface area contributed by atoms with Crippen molar-refractivity contribution in [3.63, 3.8) is 0 Å². The van der Waals surface area contributed by atoms with E-state index in [0.29, 0.717) is 10.6 Å². The van der Waals surface area contributed by atoms with Crippen LogP contribution in [0.15, 0.2) is 84.9 Å². The SMILES string of the molecule is COC(=O)[C@H]1N[C@@H](c2ccc(Cl)cc2)[C@@H](C(=O)c2ccccc2)[C@@H]1c1ccccc1. The van der Waals surface area contributed by atoms with Crippen molar-refractivity contribution in [2.24, 2.45) is 5.92 Å². The molecule has 3 aromatic rings. The first-order valence-corrected chi connectivity index (χ1v) is 10.2. The Morgan fingerprint density at radius 2 is 1.43 bits per heavy atom. The number of nitrogens with one attached hydrogen (secondary N) is 1. The molecule has 0 unspecified atom stereocenters. The molecule has 1 aliphatic rings. The number of hydrogen-bond donors (Lipinski definition) is 1. The van der Waals surface area contributed by atoms with Crippen molar-refractivity contribution in [3.05, 3.63) is 107 Å². The Bertz CT molecular complexity index is 1020. The summed E-state index contributed by atoms with van der Waals surface area (Å²) in [6.45, 7) is 0. The zero-order chi connectivity index (χ0) is 21.1. The van der Waals surface area contributed by atoms with E-state index in [9.17, 15) is 9.59 Å². The minimum Gasteiger partial charge on any atom is -0.468 e. The number of esters is 1. The molecular formula is C25H22ClNO3. The van der Waals surface area contributed by atoms with Gasteiger partial charge in [0.1, 0.15) is 6.04 Å². The molecule has 152 valence electrons. The quantitative estimate of drug-likeness (QED) is 0.476. The molecule has 30 heavy (non-hydrogen) atoms. The Labute approximate surface area is 180 Å². The highest BCUT2D eigenvalue weighted by Gasteiger charge is 2.51. The van der Waals surface area contributed by atoms with Crippen LogP contribution in [-0.2, 0) is 9.53 Å². The maximum Gasteiger partial charge on any atom is 0.323 e. The van der Waals surface area contributed by atoms with Crippen LogP contribution >= 0.6 is 11.6 Å². The molecule has 3 aromatic carbocycles. The fourth-order valence-corrected chi connectivity index (χ4v) is 4.44. The predicted molar refractivity (Wildman–Crippen MR) is 117 cm³/mol. The Morgan fingerprint density at radius 3 is 2.03 bits per heavy atom. The minimum absolute atomic E-state index is 0.0108. The molecule has 0 bridgehead atoms. The van der Waals surface area contributed by atoms with Crippen LogP contribution in [0.3, 0.4) is 0 Å². The zero-order valence-corrected chi connectivity index (χ0v) is 17.3. The van der Waals surface area contributed by atoms with Gasteiger partial charge in [0.05, 0.1) is 13.0 Å². The van der Waals surface area contributed by atoms with Gasteiger partial charge in [-0.2, -0.15) is 0 Å². The van der Waals surface area contributed by atoms with Gasteiger partial charge in [0.2, 0.25) is 0 Å². The van der Waals surface area contributed by atoms with Crippen LogP contribution in [0, 0.1) is 5.92 Å². The summed E-state index contributed by atoms with van der Waals surface area (Å²) in [7, 11) is 1.37.